The first-order valence-electron chi connectivity index (χ1n) is 5.66. The molecule has 0 radical (unpaired) electrons. The molecule has 0 atom stereocenters. The van der Waals surface area contributed by atoms with Crippen molar-refractivity contribution >= 4 is 23.0 Å². The molecule has 2 aromatic rings. The van der Waals surface area contributed by atoms with Gasteiger partial charge in [-0.05, 0) is 31.2 Å². The Kier molecular flexibility index (Phi) is 3.30. The van der Waals surface area contributed by atoms with Crippen LogP contribution < -0.4 is 16.8 Å². The molecule has 0 saturated carbocycles. The lowest BCUT2D eigenvalue weighted by atomic mass is 10.1. The topological polar surface area (TPSA) is 82.8 Å². The number of amides is 1. The van der Waals surface area contributed by atoms with Crippen LogP contribution in [0.15, 0.2) is 42.5 Å². The summed E-state index contributed by atoms with van der Waals surface area (Å²) in [6, 6.07) is 12.6. The number of quaternary nitrogens is 1. The highest BCUT2D eigenvalue weighted by molar-refractivity contribution is 6.05. The van der Waals surface area contributed by atoms with Crippen molar-refractivity contribution < 1.29 is 10.5 Å². The maximum absolute atomic E-state index is 12.0. The number of nitrogens with two attached hydrogens (primary N) is 1. The number of benzene rings is 2. The summed E-state index contributed by atoms with van der Waals surface area (Å²) in [6.45, 7) is 1.98. The fourth-order valence-corrected chi connectivity index (χ4v) is 1.61. The van der Waals surface area contributed by atoms with Gasteiger partial charge in [0.15, 0.2) is 5.69 Å². The van der Waals surface area contributed by atoms with E-state index in [4.69, 9.17) is 5.73 Å². The van der Waals surface area contributed by atoms with Gasteiger partial charge in [0.25, 0.3) is 5.91 Å². The van der Waals surface area contributed by atoms with Crippen molar-refractivity contribution in [3.05, 3.63) is 53.6 Å². The van der Waals surface area contributed by atoms with Gasteiger partial charge < -0.3 is 16.8 Å². The number of nitrogen functional groups attached to an aromatic ring is 1. The quantitative estimate of drug-likeness (QED) is 0.700. The number of hydrogen-bond donors (Lipinski definition) is 3. The molecule has 0 bridgehead atoms. The molecule has 0 aliphatic rings. The molecule has 4 nitrogen and oxygen atoms in total. The van der Waals surface area contributed by atoms with Crippen molar-refractivity contribution in [1.82, 2.24) is 0 Å². The second kappa shape index (κ2) is 4.89. The lowest BCUT2D eigenvalue weighted by Gasteiger charge is -2.07. The standard InChI is InChI=1S/C14H15N3O/c1-9-2-4-10(5-3-9)14(18)17-13-8-11(15)6-7-12(13)16/h2-8H,15-16H2,1H3,(H,17,18)/p+1. The summed E-state index contributed by atoms with van der Waals surface area (Å²) in [7, 11) is 0. The fraction of sp³-hybridized carbons (Fsp3) is 0.0714. The van der Waals surface area contributed by atoms with E-state index in [0.29, 0.717) is 16.9 Å². The molecular formula is C14H16N3O+. The van der Waals surface area contributed by atoms with Gasteiger partial charge in [0.05, 0.1) is 0 Å². The van der Waals surface area contributed by atoms with Gasteiger partial charge in [-0.2, -0.15) is 0 Å². The zero-order chi connectivity index (χ0) is 13.1. The van der Waals surface area contributed by atoms with Crippen LogP contribution in [0, 0.1) is 6.92 Å². The minimum Gasteiger partial charge on any atom is -0.399 e. The number of nitrogens with one attached hydrogen (secondary N) is 1. The van der Waals surface area contributed by atoms with Crippen molar-refractivity contribution in [3.8, 4) is 0 Å². The van der Waals surface area contributed by atoms with E-state index >= 15 is 0 Å². The number of anilines is 2. The highest BCUT2D eigenvalue weighted by Crippen LogP contribution is 2.20. The zero-order valence-corrected chi connectivity index (χ0v) is 10.2. The highest BCUT2D eigenvalue weighted by atomic mass is 16.1. The monoisotopic (exact) mass is 242 g/mol. The molecule has 2 aromatic carbocycles. The van der Waals surface area contributed by atoms with Crippen LogP contribution in [0.5, 0.6) is 0 Å². The summed E-state index contributed by atoms with van der Waals surface area (Å²) in [5.41, 5.74) is 13.2. The lowest BCUT2D eigenvalue weighted by molar-refractivity contribution is -0.253. The third-order valence-electron chi connectivity index (χ3n) is 2.70. The Hall–Kier alpha value is -2.33. The second-order valence-electron chi connectivity index (χ2n) is 4.24. The number of carbonyl (C=O) groups excluding carboxylic acids is 1. The Labute approximate surface area is 106 Å². The SMILES string of the molecule is Cc1ccc(C(=O)Nc2cc(N)ccc2[NH3+])cc1. The molecule has 0 aliphatic heterocycles. The first-order chi connectivity index (χ1) is 8.56. The average Bonchev–Trinajstić information content (AvgIpc) is 2.34. The molecule has 0 saturated heterocycles. The van der Waals surface area contributed by atoms with Gasteiger partial charge in [-0.15, -0.1) is 0 Å². The molecule has 1 amide bonds. The van der Waals surface area contributed by atoms with Crippen LogP contribution in [0.1, 0.15) is 15.9 Å². The van der Waals surface area contributed by atoms with Crippen LogP contribution in [0.3, 0.4) is 0 Å². The van der Waals surface area contributed by atoms with Crippen molar-refractivity contribution in [3.63, 3.8) is 0 Å². The average molecular weight is 242 g/mol. The minimum atomic E-state index is -0.162. The molecule has 0 unspecified atom stereocenters. The third-order valence-corrected chi connectivity index (χ3v) is 2.70. The normalized spacial score (nSPS) is 10.1. The predicted molar refractivity (Wildman–Crippen MR) is 72.5 cm³/mol. The van der Waals surface area contributed by atoms with Crippen molar-refractivity contribution in [1.29, 1.82) is 0 Å². The van der Waals surface area contributed by atoms with Crippen LogP contribution in [0.25, 0.3) is 0 Å². The molecule has 0 heterocycles. The Morgan fingerprint density at radius 3 is 2.50 bits per heavy atom. The van der Waals surface area contributed by atoms with Crippen molar-refractivity contribution in [2.24, 2.45) is 0 Å². The summed E-state index contributed by atoms with van der Waals surface area (Å²) < 4.78 is 0. The van der Waals surface area contributed by atoms with Crippen LogP contribution in [0.4, 0.5) is 17.1 Å². The fourth-order valence-electron chi connectivity index (χ4n) is 1.61. The van der Waals surface area contributed by atoms with Crippen LogP contribution in [0.2, 0.25) is 0 Å². The van der Waals surface area contributed by atoms with Gasteiger partial charge in [0.2, 0.25) is 0 Å². The lowest BCUT2D eigenvalue weighted by Crippen LogP contribution is -2.41. The smallest absolute Gasteiger partial charge is 0.255 e. The summed E-state index contributed by atoms with van der Waals surface area (Å²) in [4.78, 5) is 12.0. The van der Waals surface area contributed by atoms with Gasteiger partial charge >= 0.3 is 0 Å². The molecular weight excluding hydrogens is 226 g/mol. The third kappa shape index (κ3) is 2.67. The van der Waals surface area contributed by atoms with Crippen LogP contribution >= 0.6 is 0 Å². The molecule has 4 heteroatoms. The zero-order valence-electron chi connectivity index (χ0n) is 10.2. The number of hydrogen-bond acceptors (Lipinski definition) is 2. The molecule has 18 heavy (non-hydrogen) atoms. The molecule has 6 N–H and O–H groups in total. The van der Waals surface area contributed by atoms with Gasteiger partial charge in [0.1, 0.15) is 5.69 Å². The molecule has 0 spiro atoms. The number of rotatable bonds is 2. The van der Waals surface area contributed by atoms with E-state index in [1.165, 1.54) is 0 Å². The molecule has 0 aromatic heterocycles. The van der Waals surface area contributed by atoms with E-state index in [1.54, 1.807) is 30.3 Å². The Morgan fingerprint density at radius 2 is 1.83 bits per heavy atom. The maximum Gasteiger partial charge on any atom is 0.255 e. The van der Waals surface area contributed by atoms with E-state index in [-0.39, 0.29) is 5.91 Å². The van der Waals surface area contributed by atoms with Crippen LogP contribution in [-0.4, -0.2) is 5.91 Å². The van der Waals surface area contributed by atoms with Crippen LogP contribution in [-0.2, 0) is 0 Å². The van der Waals surface area contributed by atoms with E-state index in [0.717, 1.165) is 11.3 Å². The van der Waals surface area contributed by atoms with Crippen molar-refractivity contribution in [2.45, 2.75) is 6.92 Å². The Bertz CT molecular complexity index is 576. The molecule has 0 fully saturated rings. The minimum absolute atomic E-state index is 0.162. The highest BCUT2D eigenvalue weighted by Gasteiger charge is 2.09. The molecule has 0 aliphatic carbocycles. The molecule has 2 rings (SSSR count). The van der Waals surface area contributed by atoms with E-state index in [9.17, 15) is 4.79 Å². The van der Waals surface area contributed by atoms with Gasteiger partial charge in [0, 0.05) is 17.3 Å². The van der Waals surface area contributed by atoms with Gasteiger partial charge in [-0.25, -0.2) is 0 Å². The van der Waals surface area contributed by atoms with Gasteiger partial charge in [-0.1, -0.05) is 17.7 Å². The number of aryl methyl sites for hydroxylation is 1. The maximum atomic E-state index is 12.0. The summed E-state index contributed by atoms with van der Waals surface area (Å²) in [5, 5.41) is 2.81. The van der Waals surface area contributed by atoms with E-state index < -0.39 is 0 Å². The largest absolute Gasteiger partial charge is 0.399 e. The van der Waals surface area contributed by atoms with E-state index in [1.807, 2.05) is 19.1 Å². The Balaban J connectivity index is 2.21. The Morgan fingerprint density at radius 1 is 1.17 bits per heavy atom. The van der Waals surface area contributed by atoms with E-state index in [2.05, 4.69) is 11.1 Å². The summed E-state index contributed by atoms with van der Waals surface area (Å²) >= 11 is 0. The second-order valence-corrected chi connectivity index (χ2v) is 4.24. The number of carbonyl (C=O) groups is 1. The van der Waals surface area contributed by atoms with Gasteiger partial charge in [-0.3, -0.25) is 4.79 Å². The van der Waals surface area contributed by atoms with Crippen molar-refractivity contribution in [2.75, 3.05) is 11.1 Å². The molecule has 92 valence electrons. The summed E-state index contributed by atoms with van der Waals surface area (Å²) in [5.74, 6) is -0.162. The predicted octanol–water partition coefficient (Wildman–Crippen LogP) is 1.70. The first kappa shape index (κ1) is 12.1. The summed E-state index contributed by atoms with van der Waals surface area (Å²) in [6.07, 6.45) is 0. The first-order valence-corrected chi connectivity index (χ1v) is 5.66.